The first kappa shape index (κ1) is 13.7. The molecule has 21 heavy (non-hydrogen) atoms. The molecule has 1 N–H and O–H groups in total. The number of rotatable bonds is 2. The van der Waals surface area contributed by atoms with Crippen LogP contribution in [0.4, 0.5) is 0 Å². The van der Waals surface area contributed by atoms with E-state index < -0.39 is 5.97 Å². The zero-order chi connectivity index (χ0) is 14.8. The minimum Gasteiger partial charge on any atom is -0.464 e. The third-order valence-electron chi connectivity index (χ3n) is 3.62. The van der Waals surface area contributed by atoms with Crippen LogP contribution >= 0.6 is 0 Å². The number of nitrogens with zero attached hydrogens (tertiary/aromatic N) is 2. The van der Waals surface area contributed by atoms with Gasteiger partial charge in [-0.3, -0.25) is 0 Å². The SMILES string of the molecule is COC(=O)c1nc(-c2ccc(C)cc2)nc2c1CNCC2. The predicted octanol–water partition coefficient (Wildman–Crippen LogP) is 1.88. The first-order valence-electron chi connectivity index (χ1n) is 6.95. The summed E-state index contributed by atoms with van der Waals surface area (Å²) in [6, 6.07) is 7.97. The van der Waals surface area contributed by atoms with Gasteiger partial charge < -0.3 is 10.1 Å². The highest BCUT2D eigenvalue weighted by Gasteiger charge is 2.22. The van der Waals surface area contributed by atoms with Crippen LogP contribution < -0.4 is 5.32 Å². The van der Waals surface area contributed by atoms with E-state index >= 15 is 0 Å². The number of benzene rings is 1. The van der Waals surface area contributed by atoms with E-state index in [9.17, 15) is 4.79 Å². The summed E-state index contributed by atoms with van der Waals surface area (Å²) in [5.74, 6) is 0.168. The summed E-state index contributed by atoms with van der Waals surface area (Å²) in [6.07, 6.45) is 0.792. The molecule has 3 rings (SSSR count). The van der Waals surface area contributed by atoms with Gasteiger partial charge in [-0.15, -0.1) is 0 Å². The number of aromatic nitrogens is 2. The Kier molecular flexibility index (Phi) is 3.66. The minimum absolute atomic E-state index is 0.366. The van der Waals surface area contributed by atoms with Crippen molar-refractivity contribution >= 4 is 5.97 Å². The van der Waals surface area contributed by atoms with Crippen molar-refractivity contribution in [2.24, 2.45) is 0 Å². The van der Waals surface area contributed by atoms with Crippen LogP contribution in [-0.4, -0.2) is 29.6 Å². The summed E-state index contributed by atoms with van der Waals surface area (Å²) >= 11 is 0. The summed E-state index contributed by atoms with van der Waals surface area (Å²) in [6.45, 7) is 3.49. The topological polar surface area (TPSA) is 64.1 Å². The largest absolute Gasteiger partial charge is 0.464 e. The maximum absolute atomic E-state index is 12.0. The van der Waals surface area contributed by atoms with E-state index in [-0.39, 0.29) is 0 Å². The minimum atomic E-state index is -0.411. The summed E-state index contributed by atoms with van der Waals surface area (Å²) in [5.41, 5.74) is 4.23. The molecule has 0 spiro atoms. The lowest BCUT2D eigenvalue weighted by Gasteiger charge is -2.19. The quantitative estimate of drug-likeness (QED) is 0.853. The fraction of sp³-hybridized carbons (Fsp3) is 0.312. The molecule has 1 aliphatic heterocycles. The summed E-state index contributed by atoms with van der Waals surface area (Å²) in [5, 5.41) is 3.24. The third kappa shape index (κ3) is 2.64. The van der Waals surface area contributed by atoms with E-state index in [4.69, 9.17) is 4.74 Å². The van der Waals surface area contributed by atoms with E-state index in [1.165, 1.54) is 12.7 Å². The molecule has 2 heterocycles. The smallest absolute Gasteiger partial charge is 0.357 e. The van der Waals surface area contributed by atoms with Crippen molar-refractivity contribution in [3.63, 3.8) is 0 Å². The zero-order valence-electron chi connectivity index (χ0n) is 12.1. The van der Waals surface area contributed by atoms with Gasteiger partial charge in [0.2, 0.25) is 0 Å². The van der Waals surface area contributed by atoms with Crippen molar-refractivity contribution in [1.29, 1.82) is 0 Å². The van der Waals surface area contributed by atoms with Crippen LogP contribution in [0.3, 0.4) is 0 Å². The van der Waals surface area contributed by atoms with E-state index in [0.717, 1.165) is 29.8 Å². The first-order chi connectivity index (χ1) is 10.2. The van der Waals surface area contributed by atoms with Crippen LogP contribution in [0.1, 0.15) is 27.3 Å². The summed E-state index contributed by atoms with van der Waals surface area (Å²) in [4.78, 5) is 21.0. The molecule has 0 radical (unpaired) electrons. The molecule has 108 valence electrons. The number of esters is 1. The van der Waals surface area contributed by atoms with E-state index in [2.05, 4.69) is 15.3 Å². The predicted molar refractivity (Wildman–Crippen MR) is 79.0 cm³/mol. The zero-order valence-corrected chi connectivity index (χ0v) is 12.1. The Morgan fingerprint density at radius 1 is 1.24 bits per heavy atom. The number of ether oxygens (including phenoxy) is 1. The van der Waals surface area contributed by atoms with E-state index in [0.29, 0.717) is 18.1 Å². The Hall–Kier alpha value is -2.27. The van der Waals surface area contributed by atoms with Crippen molar-refractivity contribution < 1.29 is 9.53 Å². The van der Waals surface area contributed by atoms with Crippen molar-refractivity contribution in [3.8, 4) is 11.4 Å². The Bertz CT molecular complexity index is 681. The third-order valence-corrected chi connectivity index (χ3v) is 3.62. The van der Waals surface area contributed by atoms with Gasteiger partial charge in [0.25, 0.3) is 0 Å². The number of carbonyl (C=O) groups excluding carboxylic acids is 1. The number of nitrogens with one attached hydrogen (secondary N) is 1. The molecule has 1 aromatic carbocycles. The van der Waals surface area contributed by atoms with Gasteiger partial charge in [0, 0.05) is 30.6 Å². The average molecular weight is 283 g/mol. The average Bonchev–Trinajstić information content (AvgIpc) is 2.53. The molecule has 1 aromatic heterocycles. The maximum atomic E-state index is 12.0. The van der Waals surface area contributed by atoms with Gasteiger partial charge in [0.05, 0.1) is 12.8 Å². The Morgan fingerprint density at radius 3 is 2.71 bits per heavy atom. The molecule has 0 atom stereocenters. The fourth-order valence-corrected chi connectivity index (χ4v) is 2.44. The Morgan fingerprint density at radius 2 is 2.00 bits per heavy atom. The first-order valence-corrected chi connectivity index (χ1v) is 6.95. The van der Waals surface area contributed by atoms with Crippen LogP contribution in [0, 0.1) is 6.92 Å². The number of carbonyl (C=O) groups is 1. The normalized spacial score (nSPS) is 13.6. The molecule has 1 aliphatic rings. The molecular formula is C16H17N3O2. The van der Waals surface area contributed by atoms with Crippen LogP contribution in [0.2, 0.25) is 0 Å². The van der Waals surface area contributed by atoms with Crippen LogP contribution in [0.25, 0.3) is 11.4 Å². The van der Waals surface area contributed by atoms with Gasteiger partial charge in [0.1, 0.15) is 0 Å². The second kappa shape index (κ2) is 5.61. The van der Waals surface area contributed by atoms with Crippen LogP contribution in [0.15, 0.2) is 24.3 Å². The maximum Gasteiger partial charge on any atom is 0.357 e. The number of fused-ring (bicyclic) bond motifs is 1. The molecule has 0 unspecified atom stereocenters. The van der Waals surface area contributed by atoms with Crippen LogP contribution in [-0.2, 0) is 17.7 Å². The van der Waals surface area contributed by atoms with E-state index in [1.54, 1.807) is 0 Å². The number of methoxy groups -OCH3 is 1. The van der Waals surface area contributed by atoms with Crippen molar-refractivity contribution in [2.75, 3.05) is 13.7 Å². The van der Waals surface area contributed by atoms with Crippen molar-refractivity contribution in [3.05, 3.63) is 46.8 Å². The molecule has 5 heteroatoms. The lowest BCUT2D eigenvalue weighted by atomic mass is 10.0. The lowest BCUT2D eigenvalue weighted by Crippen LogP contribution is -2.28. The van der Waals surface area contributed by atoms with Gasteiger partial charge in [-0.1, -0.05) is 29.8 Å². The molecule has 0 aliphatic carbocycles. The molecule has 0 amide bonds. The van der Waals surface area contributed by atoms with Gasteiger partial charge in [-0.25, -0.2) is 14.8 Å². The summed E-state index contributed by atoms with van der Waals surface area (Å²) in [7, 11) is 1.37. The molecule has 2 aromatic rings. The van der Waals surface area contributed by atoms with Crippen LogP contribution in [0.5, 0.6) is 0 Å². The highest BCUT2D eigenvalue weighted by Crippen LogP contribution is 2.22. The molecule has 0 saturated heterocycles. The second-order valence-corrected chi connectivity index (χ2v) is 5.11. The number of aryl methyl sites for hydroxylation is 1. The van der Waals surface area contributed by atoms with E-state index in [1.807, 2.05) is 31.2 Å². The number of hydrogen-bond acceptors (Lipinski definition) is 5. The fourth-order valence-electron chi connectivity index (χ4n) is 2.44. The van der Waals surface area contributed by atoms with Gasteiger partial charge >= 0.3 is 5.97 Å². The molecule has 0 saturated carbocycles. The van der Waals surface area contributed by atoms with Gasteiger partial charge in [-0.2, -0.15) is 0 Å². The molecule has 5 nitrogen and oxygen atoms in total. The second-order valence-electron chi connectivity index (χ2n) is 5.11. The highest BCUT2D eigenvalue weighted by atomic mass is 16.5. The lowest BCUT2D eigenvalue weighted by molar-refractivity contribution is 0.0592. The Balaban J connectivity index is 2.13. The monoisotopic (exact) mass is 283 g/mol. The molecular weight excluding hydrogens is 266 g/mol. The Labute approximate surface area is 123 Å². The van der Waals surface area contributed by atoms with Gasteiger partial charge in [-0.05, 0) is 6.92 Å². The number of hydrogen-bond donors (Lipinski definition) is 1. The standard InChI is InChI=1S/C16H17N3O2/c1-10-3-5-11(6-4-10)15-18-13-7-8-17-9-12(13)14(19-15)16(20)21-2/h3-6,17H,7-9H2,1-2H3. The van der Waals surface area contributed by atoms with Gasteiger partial charge in [0.15, 0.2) is 11.5 Å². The highest BCUT2D eigenvalue weighted by molar-refractivity contribution is 5.89. The van der Waals surface area contributed by atoms with Crippen molar-refractivity contribution in [2.45, 2.75) is 19.9 Å². The molecule has 0 bridgehead atoms. The van der Waals surface area contributed by atoms with Crippen molar-refractivity contribution in [1.82, 2.24) is 15.3 Å². The molecule has 0 fully saturated rings. The summed E-state index contributed by atoms with van der Waals surface area (Å²) < 4.78 is 4.86.